The minimum Gasteiger partial charge on any atom is -0.466 e. The first-order chi connectivity index (χ1) is 11.3. The van der Waals surface area contributed by atoms with Crippen LogP contribution < -0.4 is 10.3 Å². The maximum absolute atomic E-state index is 12.9. The average Bonchev–Trinajstić information content (AvgIpc) is 2.52. The molecule has 0 radical (unpaired) electrons. The molecule has 1 aromatic rings. The first-order valence-corrected chi connectivity index (χ1v) is 8.12. The average molecular weight is 327 g/mol. The predicted molar refractivity (Wildman–Crippen MR) is 88.6 cm³/mol. The molecule has 24 heavy (non-hydrogen) atoms. The summed E-state index contributed by atoms with van der Waals surface area (Å²) in [6.45, 7) is 6.06. The van der Waals surface area contributed by atoms with E-state index < -0.39 is 5.97 Å². The molecule has 1 aliphatic carbocycles. The largest absolute Gasteiger partial charge is 0.466 e. The minimum atomic E-state index is -0.401. The van der Waals surface area contributed by atoms with E-state index in [4.69, 9.17) is 4.74 Å². The lowest BCUT2D eigenvalue weighted by Gasteiger charge is -2.39. The van der Waals surface area contributed by atoms with E-state index in [-0.39, 0.29) is 17.1 Å². The van der Waals surface area contributed by atoms with Crippen molar-refractivity contribution in [3.63, 3.8) is 0 Å². The lowest BCUT2D eigenvalue weighted by Crippen LogP contribution is -2.38. The zero-order valence-electron chi connectivity index (χ0n) is 14.5. The van der Waals surface area contributed by atoms with Crippen molar-refractivity contribution in [2.75, 3.05) is 7.11 Å². The molecule has 2 heterocycles. The molecule has 0 fully saturated rings. The summed E-state index contributed by atoms with van der Waals surface area (Å²) in [5, 5.41) is 3.30. The molecule has 1 atom stereocenters. The number of methoxy groups -OCH3 is 1. The van der Waals surface area contributed by atoms with E-state index >= 15 is 0 Å². The number of ether oxygens (including phenoxy) is 1. The number of aromatic amines is 1. The number of pyridine rings is 1. The highest BCUT2D eigenvalue weighted by Crippen LogP contribution is 2.46. The normalized spacial score (nSPS) is 22.8. The second-order valence-corrected chi connectivity index (χ2v) is 7.25. The summed E-state index contributed by atoms with van der Waals surface area (Å²) in [5.74, 6) is -0.686. The molecule has 2 N–H and O–H groups in total. The Labute approximate surface area is 141 Å². The van der Waals surface area contributed by atoms with Gasteiger partial charge in [-0.25, -0.2) is 9.78 Å². The van der Waals surface area contributed by atoms with Crippen molar-refractivity contribution in [2.24, 2.45) is 5.41 Å². The van der Waals surface area contributed by atoms with Crippen molar-refractivity contribution in [1.29, 1.82) is 0 Å². The summed E-state index contributed by atoms with van der Waals surface area (Å²) < 4.78 is 4.99. The number of nitrogens with one attached hydrogen (secondary N) is 2. The van der Waals surface area contributed by atoms with E-state index in [0.717, 1.165) is 23.4 Å². The number of ketones is 1. The standard InChI is InChI=1S/C19H22N2O3/c1-11-15(18(23)24-4)16(12-5-7-20-8-6-12)17-13(21-11)9-19(2,3)10-14(17)22/h5-8,16,21H,9-10H2,1-4H3/p+1. The molecular formula is C19H23N2O3+. The lowest BCUT2D eigenvalue weighted by atomic mass is 9.69. The zero-order chi connectivity index (χ0) is 17.5. The molecular weight excluding hydrogens is 304 g/mol. The van der Waals surface area contributed by atoms with E-state index in [0.29, 0.717) is 17.6 Å². The van der Waals surface area contributed by atoms with Gasteiger partial charge in [0.2, 0.25) is 0 Å². The van der Waals surface area contributed by atoms with E-state index in [1.807, 2.05) is 19.1 Å². The molecule has 0 saturated heterocycles. The Morgan fingerprint density at radius 2 is 1.96 bits per heavy atom. The van der Waals surface area contributed by atoms with Gasteiger partial charge >= 0.3 is 5.97 Å². The maximum Gasteiger partial charge on any atom is 0.336 e. The molecule has 2 aliphatic rings. The number of hydrogen-bond donors (Lipinski definition) is 1. The van der Waals surface area contributed by atoms with Gasteiger partial charge in [0.1, 0.15) is 0 Å². The van der Waals surface area contributed by atoms with Crippen molar-refractivity contribution in [2.45, 2.75) is 39.5 Å². The molecule has 0 amide bonds. The van der Waals surface area contributed by atoms with Gasteiger partial charge in [0.05, 0.1) is 12.7 Å². The van der Waals surface area contributed by atoms with Crippen molar-refractivity contribution < 1.29 is 19.3 Å². The number of rotatable bonds is 2. The molecule has 5 nitrogen and oxygen atoms in total. The molecule has 1 unspecified atom stereocenters. The van der Waals surface area contributed by atoms with Gasteiger partial charge in [-0.3, -0.25) is 4.79 Å². The molecule has 126 valence electrons. The molecule has 0 aromatic carbocycles. The number of dihydropyridines is 1. The third-order valence-electron chi connectivity index (χ3n) is 4.72. The third kappa shape index (κ3) is 2.75. The summed E-state index contributed by atoms with van der Waals surface area (Å²) in [6.07, 6.45) is 4.88. The van der Waals surface area contributed by atoms with E-state index in [1.54, 1.807) is 12.4 Å². The fourth-order valence-corrected chi connectivity index (χ4v) is 3.74. The van der Waals surface area contributed by atoms with Crippen molar-refractivity contribution in [1.82, 2.24) is 5.32 Å². The first-order valence-electron chi connectivity index (χ1n) is 8.12. The fourth-order valence-electron chi connectivity index (χ4n) is 3.74. The Balaban J connectivity index is 2.19. The number of H-pyrrole nitrogens is 1. The second-order valence-electron chi connectivity index (χ2n) is 7.25. The number of aromatic nitrogens is 1. The second kappa shape index (κ2) is 5.89. The Morgan fingerprint density at radius 3 is 2.58 bits per heavy atom. The van der Waals surface area contributed by atoms with Gasteiger partial charge in [-0.05, 0) is 24.3 Å². The highest BCUT2D eigenvalue weighted by Gasteiger charge is 2.43. The smallest absolute Gasteiger partial charge is 0.336 e. The molecule has 1 aromatic heterocycles. The monoisotopic (exact) mass is 327 g/mol. The number of esters is 1. The van der Waals surface area contributed by atoms with Crippen LogP contribution >= 0.6 is 0 Å². The molecule has 1 aliphatic heterocycles. The maximum atomic E-state index is 12.9. The molecule has 0 saturated carbocycles. The fraction of sp³-hybridized carbons (Fsp3) is 0.421. The van der Waals surface area contributed by atoms with Crippen molar-refractivity contribution >= 4 is 11.8 Å². The molecule has 0 spiro atoms. The molecule has 5 heteroatoms. The SMILES string of the molecule is COC(=O)C1=C(C)NC2=C(C(=O)CC(C)(C)C2)C1c1cc[nH+]cc1. The third-order valence-corrected chi connectivity index (χ3v) is 4.72. The van der Waals surface area contributed by atoms with Gasteiger partial charge in [-0.2, -0.15) is 0 Å². The van der Waals surface area contributed by atoms with Crippen LogP contribution in [-0.2, 0) is 14.3 Å². The van der Waals surface area contributed by atoms with Crippen LogP contribution in [0.5, 0.6) is 0 Å². The summed E-state index contributed by atoms with van der Waals surface area (Å²) in [5.41, 5.74) is 3.72. The number of Topliss-reactive ketones (excluding diaryl/α,β-unsaturated/α-hetero) is 1. The van der Waals surface area contributed by atoms with Gasteiger partial charge < -0.3 is 10.1 Å². The Kier molecular flexibility index (Phi) is 4.03. The van der Waals surface area contributed by atoms with Gasteiger partial charge in [-0.1, -0.05) is 13.8 Å². The van der Waals surface area contributed by atoms with E-state index in [1.165, 1.54) is 7.11 Å². The number of hydrogen-bond acceptors (Lipinski definition) is 4. The van der Waals surface area contributed by atoms with Crippen LogP contribution in [0.15, 0.2) is 47.1 Å². The van der Waals surface area contributed by atoms with Gasteiger partial charge in [-0.15, -0.1) is 0 Å². The van der Waals surface area contributed by atoms with Crippen LogP contribution in [0, 0.1) is 5.41 Å². The van der Waals surface area contributed by atoms with Crippen LogP contribution in [0.3, 0.4) is 0 Å². The summed E-state index contributed by atoms with van der Waals surface area (Å²) >= 11 is 0. The van der Waals surface area contributed by atoms with Crippen LogP contribution in [0.25, 0.3) is 0 Å². The van der Waals surface area contributed by atoms with Crippen LogP contribution in [-0.4, -0.2) is 18.9 Å². The van der Waals surface area contributed by atoms with E-state index in [2.05, 4.69) is 24.1 Å². The Hall–Kier alpha value is -2.43. The Morgan fingerprint density at radius 1 is 1.29 bits per heavy atom. The van der Waals surface area contributed by atoms with Gasteiger partial charge in [0.25, 0.3) is 0 Å². The topological polar surface area (TPSA) is 69.5 Å². The van der Waals surface area contributed by atoms with Crippen molar-refractivity contribution in [3.8, 4) is 0 Å². The van der Waals surface area contributed by atoms with Gasteiger partial charge in [0, 0.05) is 41.4 Å². The first kappa shape index (κ1) is 16.4. The highest BCUT2D eigenvalue weighted by molar-refractivity contribution is 6.04. The zero-order valence-corrected chi connectivity index (χ0v) is 14.5. The summed E-state index contributed by atoms with van der Waals surface area (Å²) in [7, 11) is 1.37. The van der Waals surface area contributed by atoms with Gasteiger partial charge in [0.15, 0.2) is 18.2 Å². The summed E-state index contributed by atoms with van der Waals surface area (Å²) in [4.78, 5) is 28.3. The van der Waals surface area contributed by atoms with E-state index in [9.17, 15) is 9.59 Å². The Bertz CT molecular complexity index is 760. The van der Waals surface area contributed by atoms with Crippen LogP contribution in [0.2, 0.25) is 0 Å². The number of carbonyl (C=O) groups excluding carboxylic acids is 2. The lowest BCUT2D eigenvalue weighted by molar-refractivity contribution is -0.378. The van der Waals surface area contributed by atoms with Crippen LogP contribution in [0.1, 0.15) is 45.1 Å². The highest BCUT2D eigenvalue weighted by atomic mass is 16.5. The molecule has 0 bridgehead atoms. The van der Waals surface area contributed by atoms with Crippen molar-refractivity contribution in [3.05, 3.63) is 52.6 Å². The number of carbonyl (C=O) groups is 2. The van der Waals surface area contributed by atoms with Crippen LogP contribution in [0.4, 0.5) is 0 Å². The predicted octanol–water partition coefficient (Wildman–Crippen LogP) is 2.28. The minimum absolute atomic E-state index is 0.0824. The molecule has 3 rings (SSSR count). The quantitative estimate of drug-likeness (QED) is 0.846. The summed E-state index contributed by atoms with van der Waals surface area (Å²) in [6, 6.07) is 3.81. The number of allylic oxidation sites excluding steroid dienone is 3.